The molecule has 1 heterocycles. The predicted molar refractivity (Wildman–Crippen MR) is 62.4 cm³/mol. The van der Waals surface area contributed by atoms with Gasteiger partial charge in [0.25, 0.3) is 5.91 Å². The second-order valence-electron chi connectivity index (χ2n) is 4.07. The molecule has 0 aliphatic carbocycles. The Morgan fingerprint density at radius 3 is 2.59 bits per heavy atom. The number of anilines is 1. The molecule has 17 heavy (non-hydrogen) atoms. The van der Waals surface area contributed by atoms with Crippen molar-refractivity contribution in [3.05, 3.63) is 17.7 Å². The Bertz CT molecular complexity index is 456. The van der Waals surface area contributed by atoms with Gasteiger partial charge in [-0.1, -0.05) is 0 Å². The fourth-order valence-electron chi connectivity index (χ4n) is 1.79. The minimum Gasteiger partial charge on any atom is -0.454 e. The van der Waals surface area contributed by atoms with E-state index in [1.165, 1.54) is 11.8 Å². The minimum absolute atomic E-state index is 0.201. The number of nitrogens with zero attached hydrogens (tertiary/aromatic N) is 1. The number of amides is 1. The van der Waals surface area contributed by atoms with E-state index in [1.807, 2.05) is 13.0 Å². The Kier molecular flexibility index (Phi) is 2.93. The molecule has 0 fully saturated rings. The largest absolute Gasteiger partial charge is 0.454 e. The first-order chi connectivity index (χ1) is 8.00. The topological polar surface area (TPSA) is 59.0 Å². The highest BCUT2D eigenvalue weighted by atomic mass is 16.7. The zero-order valence-electron chi connectivity index (χ0n) is 10.1. The van der Waals surface area contributed by atoms with E-state index in [0.29, 0.717) is 17.2 Å². The van der Waals surface area contributed by atoms with Crippen LogP contribution in [0.5, 0.6) is 11.5 Å². The van der Waals surface area contributed by atoms with Crippen molar-refractivity contribution in [1.29, 1.82) is 0 Å². The molecule has 1 aromatic carbocycles. The third kappa shape index (κ3) is 2.06. The van der Waals surface area contributed by atoms with Crippen molar-refractivity contribution in [2.24, 2.45) is 0 Å². The van der Waals surface area contributed by atoms with Gasteiger partial charge in [-0.05, 0) is 25.5 Å². The maximum atomic E-state index is 11.7. The summed E-state index contributed by atoms with van der Waals surface area (Å²) in [7, 11) is 1.62. The first kappa shape index (κ1) is 11.7. The van der Waals surface area contributed by atoms with Gasteiger partial charge in [-0.2, -0.15) is 0 Å². The van der Waals surface area contributed by atoms with Crippen LogP contribution in [0.3, 0.4) is 0 Å². The van der Waals surface area contributed by atoms with E-state index in [1.54, 1.807) is 13.1 Å². The molecule has 0 saturated heterocycles. The van der Waals surface area contributed by atoms with E-state index in [4.69, 9.17) is 9.47 Å². The molecule has 1 aliphatic heterocycles. The summed E-state index contributed by atoms with van der Waals surface area (Å²) in [5, 5.41) is 9.29. The molecule has 0 radical (unpaired) electrons. The fourth-order valence-corrected chi connectivity index (χ4v) is 1.79. The molecule has 1 N–H and O–H groups in total. The second kappa shape index (κ2) is 4.25. The summed E-state index contributed by atoms with van der Waals surface area (Å²) in [4.78, 5) is 13.1. The summed E-state index contributed by atoms with van der Waals surface area (Å²) in [5.74, 6) is 0.951. The van der Waals surface area contributed by atoms with E-state index in [0.717, 1.165) is 5.56 Å². The number of benzene rings is 1. The SMILES string of the molecule is Cc1cc2c(cc1N(C)C(=O)C(C)O)OCO2. The Labute approximate surface area is 99.6 Å². The normalized spacial score (nSPS) is 14.6. The van der Waals surface area contributed by atoms with Crippen LogP contribution in [0.15, 0.2) is 12.1 Å². The molecule has 2 rings (SSSR count). The van der Waals surface area contributed by atoms with Gasteiger partial charge in [-0.3, -0.25) is 4.79 Å². The van der Waals surface area contributed by atoms with Crippen molar-refractivity contribution in [3.63, 3.8) is 0 Å². The van der Waals surface area contributed by atoms with Crippen LogP contribution in [-0.4, -0.2) is 31.0 Å². The van der Waals surface area contributed by atoms with Gasteiger partial charge in [-0.15, -0.1) is 0 Å². The summed E-state index contributed by atoms with van der Waals surface area (Å²) in [6.07, 6.45) is -1.02. The molecular formula is C12H15NO4. The molecule has 1 unspecified atom stereocenters. The molecule has 0 aromatic heterocycles. The third-order valence-corrected chi connectivity index (χ3v) is 2.74. The zero-order chi connectivity index (χ0) is 12.6. The summed E-state index contributed by atoms with van der Waals surface area (Å²) >= 11 is 0. The molecule has 92 valence electrons. The molecule has 0 spiro atoms. The number of fused-ring (bicyclic) bond motifs is 1. The molecule has 1 aliphatic rings. The predicted octanol–water partition coefficient (Wildman–Crippen LogP) is 1.07. The van der Waals surface area contributed by atoms with Crippen LogP contribution in [0.4, 0.5) is 5.69 Å². The van der Waals surface area contributed by atoms with Crippen molar-refractivity contribution in [2.45, 2.75) is 20.0 Å². The van der Waals surface area contributed by atoms with Crippen LogP contribution in [0.1, 0.15) is 12.5 Å². The third-order valence-electron chi connectivity index (χ3n) is 2.74. The van der Waals surface area contributed by atoms with Gasteiger partial charge in [0, 0.05) is 13.1 Å². The Morgan fingerprint density at radius 1 is 1.41 bits per heavy atom. The molecular weight excluding hydrogens is 222 g/mol. The lowest BCUT2D eigenvalue weighted by Crippen LogP contribution is -2.34. The Morgan fingerprint density at radius 2 is 2.00 bits per heavy atom. The molecule has 1 atom stereocenters. The summed E-state index contributed by atoms with van der Waals surface area (Å²) < 4.78 is 10.5. The minimum atomic E-state index is -1.02. The fraction of sp³-hybridized carbons (Fsp3) is 0.417. The molecule has 0 bridgehead atoms. The van der Waals surface area contributed by atoms with Gasteiger partial charge in [-0.25, -0.2) is 0 Å². The number of aliphatic hydroxyl groups excluding tert-OH is 1. The van der Waals surface area contributed by atoms with Crippen LogP contribution in [0, 0.1) is 6.92 Å². The second-order valence-corrected chi connectivity index (χ2v) is 4.07. The average molecular weight is 237 g/mol. The Hall–Kier alpha value is -1.75. The summed E-state index contributed by atoms with van der Waals surface area (Å²) in [6, 6.07) is 3.57. The number of aliphatic hydroxyl groups is 1. The van der Waals surface area contributed by atoms with Crippen molar-refractivity contribution >= 4 is 11.6 Å². The van der Waals surface area contributed by atoms with Gasteiger partial charge in [0.2, 0.25) is 6.79 Å². The number of carbonyl (C=O) groups excluding carboxylic acids is 1. The molecule has 5 heteroatoms. The van der Waals surface area contributed by atoms with E-state index < -0.39 is 6.10 Å². The smallest absolute Gasteiger partial charge is 0.255 e. The molecule has 1 amide bonds. The van der Waals surface area contributed by atoms with Gasteiger partial charge in [0.15, 0.2) is 11.5 Å². The van der Waals surface area contributed by atoms with E-state index >= 15 is 0 Å². The highest BCUT2D eigenvalue weighted by molar-refractivity contribution is 5.96. The number of ether oxygens (including phenoxy) is 2. The van der Waals surface area contributed by atoms with Crippen LogP contribution in [0.2, 0.25) is 0 Å². The first-order valence-corrected chi connectivity index (χ1v) is 5.36. The lowest BCUT2D eigenvalue weighted by molar-refractivity contribution is -0.125. The molecule has 5 nitrogen and oxygen atoms in total. The van der Waals surface area contributed by atoms with E-state index in [2.05, 4.69) is 0 Å². The van der Waals surface area contributed by atoms with Crippen LogP contribution >= 0.6 is 0 Å². The lowest BCUT2D eigenvalue weighted by atomic mass is 10.1. The van der Waals surface area contributed by atoms with Crippen LogP contribution in [-0.2, 0) is 4.79 Å². The molecule has 1 aromatic rings. The first-order valence-electron chi connectivity index (χ1n) is 5.36. The zero-order valence-corrected chi connectivity index (χ0v) is 10.1. The lowest BCUT2D eigenvalue weighted by Gasteiger charge is -2.21. The van der Waals surface area contributed by atoms with E-state index in [-0.39, 0.29) is 12.7 Å². The van der Waals surface area contributed by atoms with Crippen molar-refractivity contribution in [2.75, 3.05) is 18.7 Å². The van der Waals surface area contributed by atoms with Gasteiger partial charge in [0.05, 0.1) is 5.69 Å². The molecule has 0 saturated carbocycles. The average Bonchev–Trinajstić information content (AvgIpc) is 2.72. The number of rotatable bonds is 2. The number of hydrogen-bond donors (Lipinski definition) is 1. The number of hydrogen-bond acceptors (Lipinski definition) is 4. The maximum Gasteiger partial charge on any atom is 0.255 e. The van der Waals surface area contributed by atoms with Crippen molar-refractivity contribution in [1.82, 2.24) is 0 Å². The number of likely N-dealkylation sites (N-methyl/N-ethyl adjacent to an activating group) is 1. The van der Waals surface area contributed by atoms with Gasteiger partial charge in [0.1, 0.15) is 6.10 Å². The standard InChI is InChI=1S/C12H15NO4/c1-7-4-10-11(17-6-16-10)5-9(7)13(3)12(15)8(2)14/h4-5,8,14H,6H2,1-3H3. The maximum absolute atomic E-state index is 11.7. The van der Waals surface area contributed by atoms with Crippen LogP contribution < -0.4 is 14.4 Å². The summed E-state index contributed by atoms with van der Waals surface area (Å²) in [6.45, 7) is 3.52. The summed E-state index contributed by atoms with van der Waals surface area (Å²) in [5.41, 5.74) is 1.60. The van der Waals surface area contributed by atoms with Gasteiger partial charge >= 0.3 is 0 Å². The van der Waals surface area contributed by atoms with Gasteiger partial charge < -0.3 is 19.5 Å². The number of carbonyl (C=O) groups is 1. The van der Waals surface area contributed by atoms with Crippen LogP contribution in [0.25, 0.3) is 0 Å². The van der Waals surface area contributed by atoms with Crippen molar-refractivity contribution < 1.29 is 19.4 Å². The Balaban J connectivity index is 2.36. The van der Waals surface area contributed by atoms with E-state index in [9.17, 15) is 9.90 Å². The quantitative estimate of drug-likeness (QED) is 0.835. The highest BCUT2D eigenvalue weighted by Crippen LogP contribution is 2.37. The number of aryl methyl sites for hydroxylation is 1. The highest BCUT2D eigenvalue weighted by Gasteiger charge is 2.22. The van der Waals surface area contributed by atoms with Crippen molar-refractivity contribution in [3.8, 4) is 11.5 Å². The monoisotopic (exact) mass is 237 g/mol.